The van der Waals surface area contributed by atoms with Crippen molar-refractivity contribution in [2.75, 3.05) is 13.1 Å². The highest BCUT2D eigenvalue weighted by molar-refractivity contribution is 5.35. The highest BCUT2D eigenvalue weighted by Gasteiger charge is 2.38. The molecule has 1 nitrogen and oxygen atoms in total. The Morgan fingerprint density at radius 2 is 1.48 bits per heavy atom. The molecule has 1 heterocycles. The third kappa shape index (κ3) is 4.12. The maximum absolute atomic E-state index is 13.0. The molecule has 1 saturated heterocycles. The van der Waals surface area contributed by atoms with Crippen LogP contribution < -0.4 is 0 Å². The van der Waals surface area contributed by atoms with Gasteiger partial charge in [-0.3, -0.25) is 4.90 Å². The van der Waals surface area contributed by atoms with Crippen LogP contribution in [0.25, 0.3) is 0 Å². The summed E-state index contributed by atoms with van der Waals surface area (Å²) in [6, 6.07) is 1.87. The van der Waals surface area contributed by atoms with Crippen molar-refractivity contribution in [3.63, 3.8) is 0 Å². The van der Waals surface area contributed by atoms with E-state index in [9.17, 15) is 26.3 Å². The van der Waals surface area contributed by atoms with Crippen LogP contribution in [0, 0.1) is 0 Å². The zero-order valence-electron chi connectivity index (χ0n) is 11.2. The molecular formula is C14H15F6N. The molecule has 1 aromatic rings. The number of benzene rings is 1. The van der Waals surface area contributed by atoms with E-state index >= 15 is 0 Å². The van der Waals surface area contributed by atoms with Gasteiger partial charge in [-0.25, -0.2) is 0 Å². The number of piperidine rings is 1. The summed E-state index contributed by atoms with van der Waals surface area (Å²) >= 11 is 0. The zero-order valence-corrected chi connectivity index (χ0v) is 11.2. The fraction of sp³-hybridized carbons (Fsp3) is 0.571. The van der Waals surface area contributed by atoms with Gasteiger partial charge in [0.2, 0.25) is 0 Å². The van der Waals surface area contributed by atoms with Crippen molar-refractivity contribution in [2.45, 2.75) is 38.2 Å². The van der Waals surface area contributed by atoms with Gasteiger partial charge in [-0.15, -0.1) is 0 Å². The molecule has 7 heteroatoms. The van der Waals surface area contributed by atoms with E-state index in [4.69, 9.17) is 0 Å². The first-order valence-electron chi connectivity index (χ1n) is 6.67. The van der Waals surface area contributed by atoms with Gasteiger partial charge in [0.25, 0.3) is 0 Å². The Hall–Kier alpha value is -1.24. The predicted molar refractivity (Wildman–Crippen MR) is 65.6 cm³/mol. The van der Waals surface area contributed by atoms with Crippen LogP contribution in [0.5, 0.6) is 0 Å². The predicted octanol–water partition coefficient (Wildman–Crippen LogP) is 4.71. The number of nitrogens with zero attached hydrogens (tertiary/aromatic N) is 1. The van der Waals surface area contributed by atoms with Gasteiger partial charge in [-0.05, 0) is 43.6 Å². The molecule has 118 valence electrons. The van der Waals surface area contributed by atoms with Crippen molar-refractivity contribution in [3.8, 4) is 0 Å². The molecule has 0 spiro atoms. The van der Waals surface area contributed by atoms with Gasteiger partial charge in [0.1, 0.15) is 0 Å². The van der Waals surface area contributed by atoms with E-state index in [0.717, 1.165) is 25.3 Å². The smallest absolute Gasteiger partial charge is 0.299 e. The molecule has 0 N–H and O–H groups in total. The van der Waals surface area contributed by atoms with E-state index in [2.05, 4.69) is 0 Å². The van der Waals surface area contributed by atoms with Crippen molar-refractivity contribution < 1.29 is 26.3 Å². The minimum absolute atomic E-state index is 0.0347. The number of hydrogen-bond acceptors (Lipinski definition) is 1. The molecule has 0 bridgehead atoms. The lowest BCUT2D eigenvalue weighted by Gasteiger charge is -2.27. The number of likely N-dealkylation sites (tertiary alicyclic amines) is 1. The lowest BCUT2D eigenvalue weighted by molar-refractivity contribution is -0.143. The SMILES string of the molecule is FC(F)(F)c1ccc(CN2CCCCC2)c(C(F)(F)F)c1. The Balaban J connectivity index is 2.31. The molecule has 0 atom stereocenters. The van der Waals surface area contributed by atoms with Gasteiger partial charge in [0, 0.05) is 6.54 Å². The average Bonchev–Trinajstić information content (AvgIpc) is 2.38. The van der Waals surface area contributed by atoms with Crippen molar-refractivity contribution >= 4 is 0 Å². The van der Waals surface area contributed by atoms with Crippen LogP contribution in [0.3, 0.4) is 0 Å². The quantitative estimate of drug-likeness (QED) is 0.715. The van der Waals surface area contributed by atoms with Gasteiger partial charge in [-0.2, -0.15) is 26.3 Å². The summed E-state index contributed by atoms with van der Waals surface area (Å²) in [7, 11) is 0. The number of rotatable bonds is 2. The Morgan fingerprint density at radius 1 is 0.857 bits per heavy atom. The van der Waals surface area contributed by atoms with Gasteiger partial charge < -0.3 is 0 Å². The molecule has 0 radical (unpaired) electrons. The third-order valence-corrected chi connectivity index (χ3v) is 3.59. The van der Waals surface area contributed by atoms with Crippen molar-refractivity contribution in [1.82, 2.24) is 4.90 Å². The highest BCUT2D eigenvalue weighted by Crippen LogP contribution is 2.37. The summed E-state index contributed by atoms with van der Waals surface area (Å²) in [5.74, 6) is 0. The number of alkyl halides is 6. The zero-order chi connectivity index (χ0) is 15.7. The summed E-state index contributed by atoms with van der Waals surface area (Å²) in [5.41, 5.74) is -2.56. The molecule has 0 saturated carbocycles. The van der Waals surface area contributed by atoms with E-state index in [0.29, 0.717) is 19.2 Å². The second-order valence-corrected chi connectivity index (χ2v) is 5.20. The summed E-state index contributed by atoms with van der Waals surface area (Å²) in [6.07, 6.45) is -6.71. The summed E-state index contributed by atoms with van der Waals surface area (Å²) in [4.78, 5) is 1.85. The van der Waals surface area contributed by atoms with Gasteiger partial charge >= 0.3 is 12.4 Å². The number of halogens is 6. The van der Waals surface area contributed by atoms with E-state index < -0.39 is 23.5 Å². The minimum atomic E-state index is -4.79. The Bertz CT molecular complexity index is 485. The minimum Gasteiger partial charge on any atom is -0.299 e. The Morgan fingerprint density at radius 3 is 2.00 bits per heavy atom. The molecule has 2 rings (SSSR count). The summed E-state index contributed by atoms with van der Waals surface area (Å²) < 4.78 is 76.7. The standard InChI is InChI=1S/C14H15F6N/c15-13(16,17)11-5-4-10(12(8-11)14(18,19)20)9-21-6-2-1-3-7-21/h4-5,8H,1-3,6-7,9H2. The monoisotopic (exact) mass is 311 g/mol. The van der Waals surface area contributed by atoms with Crippen LogP contribution in [-0.2, 0) is 18.9 Å². The molecule has 21 heavy (non-hydrogen) atoms. The van der Waals surface area contributed by atoms with Crippen LogP contribution in [-0.4, -0.2) is 18.0 Å². The molecule has 0 unspecified atom stereocenters. The normalized spacial score (nSPS) is 18.0. The van der Waals surface area contributed by atoms with Crippen LogP contribution in [0.4, 0.5) is 26.3 Å². The summed E-state index contributed by atoms with van der Waals surface area (Å²) in [6.45, 7) is 1.39. The third-order valence-electron chi connectivity index (χ3n) is 3.59. The maximum Gasteiger partial charge on any atom is 0.416 e. The van der Waals surface area contributed by atoms with Crippen LogP contribution in [0.1, 0.15) is 36.0 Å². The van der Waals surface area contributed by atoms with Crippen molar-refractivity contribution in [1.29, 1.82) is 0 Å². The highest BCUT2D eigenvalue weighted by atomic mass is 19.4. The van der Waals surface area contributed by atoms with Gasteiger partial charge in [0.15, 0.2) is 0 Å². The second-order valence-electron chi connectivity index (χ2n) is 5.20. The topological polar surface area (TPSA) is 3.24 Å². The van der Waals surface area contributed by atoms with E-state index in [-0.39, 0.29) is 18.2 Å². The Labute approximate surface area is 118 Å². The molecule has 1 aliphatic heterocycles. The average molecular weight is 311 g/mol. The molecule has 0 amide bonds. The summed E-state index contributed by atoms with van der Waals surface area (Å²) in [5, 5.41) is 0. The van der Waals surface area contributed by atoms with Crippen LogP contribution in [0.15, 0.2) is 18.2 Å². The largest absolute Gasteiger partial charge is 0.416 e. The van der Waals surface area contributed by atoms with Gasteiger partial charge in [-0.1, -0.05) is 12.5 Å². The first-order valence-corrected chi connectivity index (χ1v) is 6.67. The fourth-order valence-electron chi connectivity index (χ4n) is 2.51. The van der Waals surface area contributed by atoms with Crippen molar-refractivity contribution in [3.05, 3.63) is 34.9 Å². The van der Waals surface area contributed by atoms with Gasteiger partial charge in [0.05, 0.1) is 11.1 Å². The molecule has 1 aromatic carbocycles. The van der Waals surface area contributed by atoms with E-state index in [1.54, 1.807) is 0 Å². The van der Waals surface area contributed by atoms with E-state index in [1.165, 1.54) is 0 Å². The maximum atomic E-state index is 13.0. The second kappa shape index (κ2) is 5.87. The molecule has 0 aliphatic carbocycles. The number of hydrogen-bond donors (Lipinski definition) is 0. The Kier molecular flexibility index (Phi) is 4.51. The fourth-order valence-corrected chi connectivity index (χ4v) is 2.51. The van der Waals surface area contributed by atoms with E-state index in [1.807, 2.05) is 4.90 Å². The first kappa shape index (κ1) is 16.1. The van der Waals surface area contributed by atoms with Crippen LogP contribution in [0.2, 0.25) is 0 Å². The lowest BCUT2D eigenvalue weighted by atomic mass is 10.0. The molecule has 1 aliphatic rings. The van der Waals surface area contributed by atoms with Crippen molar-refractivity contribution in [2.24, 2.45) is 0 Å². The molecule has 1 fully saturated rings. The molecular weight excluding hydrogens is 296 g/mol. The first-order chi connectivity index (χ1) is 9.68. The van der Waals surface area contributed by atoms with Crippen LogP contribution >= 0.6 is 0 Å². The molecule has 0 aromatic heterocycles. The lowest BCUT2D eigenvalue weighted by Crippen LogP contribution is -2.30.